The molecule has 1 N–H and O–H groups in total. The van der Waals surface area contributed by atoms with Crippen LogP contribution in [0.5, 0.6) is 0 Å². The van der Waals surface area contributed by atoms with Crippen LogP contribution in [0.1, 0.15) is 21.6 Å². The molecule has 0 bridgehead atoms. The van der Waals surface area contributed by atoms with Crippen molar-refractivity contribution in [1.82, 2.24) is 10.3 Å². The number of carbonyl (C=O) groups is 1. The SMILES string of the molecule is CNC(=O)c1nc(-c2ccc(C)cc2)oc1Sc1ccc(C)cc1. The second-order valence-electron chi connectivity index (χ2n) is 5.52. The molecular weight excluding hydrogens is 320 g/mol. The van der Waals surface area contributed by atoms with Crippen LogP contribution in [0, 0.1) is 13.8 Å². The third kappa shape index (κ3) is 3.51. The number of benzene rings is 2. The highest BCUT2D eigenvalue weighted by Crippen LogP contribution is 2.34. The minimum atomic E-state index is -0.258. The summed E-state index contributed by atoms with van der Waals surface area (Å²) in [6.45, 7) is 4.06. The monoisotopic (exact) mass is 338 g/mol. The summed E-state index contributed by atoms with van der Waals surface area (Å²) in [4.78, 5) is 17.5. The first kappa shape index (κ1) is 16.3. The molecule has 0 fully saturated rings. The molecule has 1 heterocycles. The smallest absolute Gasteiger partial charge is 0.274 e. The van der Waals surface area contributed by atoms with Gasteiger partial charge >= 0.3 is 0 Å². The normalized spacial score (nSPS) is 10.6. The maximum Gasteiger partial charge on any atom is 0.274 e. The van der Waals surface area contributed by atoms with Crippen LogP contribution < -0.4 is 5.32 Å². The van der Waals surface area contributed by atoms with Crippen molar-refractivity contribution in [3.8, 4) is 11.5 Å². The van der Waals surface area contributed by atoms with Gasteiger partial charge in [0, 0.05) is 17.5 Å². The van der Waals surface area contributed by atoms with Crippen molar-refractivity contribution in [3.63, 3.8) is 0 Å². The fraction of sp³-hybridized carbons (Fsp3) is 0.158. The number of oxazole rings is 1. The molecule has 3 rings (SSSR count). The number of nitrogens with zero attached hydrogens (tertiary/aromatic N) is 1. The number of nitrogens with one attached hydrogen (secondary N) is 1. The third-order valence-electron chi connectivity index (χ3n) is 3.57. The highest BCUT2D eigenvalue weighted by Gasteiger charge is 2.21. The molecule has 1 amide bonds. The van der Waals surface area contributed by atoms with Gasteiger partial charge in [-0.2, -0.15) is 0 Å². The van der Waals surface area contributed by atoms with Crippen molar-refractivity contribution >= 4 is 17.7 Å². The van der Waals surface area contributed by atoms with Crippen LogP contribution in [-0.2, 0) is 0 Å². The Labute approximate surface area is 145 Å². The number of aryl methyl sites for hydroxylation is 2. The second-order valence-corrected chi connectivity index (χ2v) is 6.56. The van der Waals surface area contributed by atoms with Gasteiger partial charge in [0.2, 0.25) is 5.89 Å². The summed E-state index contributed by atoms with van der Waals surface area (Å²) in [6.07, 6.45) is 0. The van der Waals surface area contributed by atoms with Crippen molar-refractivity contribution in [2.24, 2.45) is 0 Å². The lowest BCUT2D eigenvalue weighted by atomic mass is 10.1. The molecule has 0 spiro atoms. The highest BCUT2D eigenvalue weighted by atomic mass is 32.2. The van der Waals surface area contributed by atoms with Crippen molar-refractivity contribution in [2.75, 3.05) is 7.05 Å². The van der Waals surface area contributed by atoms with Gasteiger partial charge in [-0.1, -0.05) is 35.4 Å². The minimum absolute atomic E-state index is 0.258. The van der Waals surface area contributed by atoms with E-state index < -0.39 is 0 Å². The summed E-state index contributed by atoms with van der Waals surface area (Å²) in [7, 11) is 1.59. The topological polar surface area (TPSA) is 55.1 Å². The predicted molar refractivity (Wildman–Crippen MR) is 95.4 cm³/mol. The molecule has 0 unspecified atom stereocenters. The molecule has 24 heavy (non-hydrogen) atoms. The Bertz CT molecular complexity index is 852. The zero-order valence-electron chi connectivity index (χ0n) is 13.8. The van der Waals surface area contributed by atoms with Gasteiger partial charge in [0.05, 0.1) is 0 Å². The number of hydrogen-bond acceptors (Lipinski definition) is 4. The molecule has 122 valence electrons. The molecule has 0 aliphatic rings. The number of hydrogen-bond donors (Lipinski definition) is 1. The van der Waals surface area contributed by atoms with E-state index in [9.17, 15) is 4.79 Å². The second kappa shape index (κ2) is 6.93. The number of aromatic nitrogens is 1. The number of amides is 1. The molecule has 2 aromatic carbocycles. The van der Waals surface area contributed by atoms with Crippen LogP contribution in [0.25, 0.3) is 11.5 Å². The fourth-order valence-corrected chi connectivity index (χ4v) is 3.01. The van der Waals surface area contributed by atoms with E-state index in [4.69, 9.17) is 4.42 Å². The standard InChI is InChI=1S/C19H18N2O2S/c1-12-4-8-14(9-5-12)18-21-16(17(22)20-3)19(23-18)24-15-10-6-13(2)7-11-15/h4-11H,1-3H3,(H,20,22). The third-order valence-corrected chi connectivity index (χ3v) is 4.54. The first-order chi connectivity index (χ1) is 11.6. The average molecular weight is 338 g/mol. The van der Waals surface area contributed by atoms with Gasteiger partial charge in [0.15, 0.2) is 10.8 Å². The van der Waals surface area contributed by atoms with Gasteiger partial charge in [-0.25, -0.2) is 4.98 Å². The average Bonchev–Trinajstić information content (AvgIpc) is 3.00. The van der Waals surface area contributed by atoms with Crippen molar-refractivity contribution in [1.29, 1.82) is 0 Å². The Morgan fingerprint density at radius 1 is 1.00 bits per heavy atom. The van der Waals surface area contributed by atoms with Gasteiger partial charge in [-0.15, -0.1) is 0 Å². The predicted octanol–water partition coefficient (Wildman–Crippen LogP) is 4.47. The lowest BCUT2D eigenvalue weighted by molar-refractivity contribution is 0.0953. The summed E-state index contributed by atoms with van der Waals surface area (Å²) in [5.74, 6) is 0.190. The van der Waals surface area contributed by atoms with Crippen LogP contribution >= 0.6 is 11.8 Å². The Kier molecular flexibility index (Phi) is 4.71. The molecule has 0 radical (unpaired) electrons. The molecule has 0 aliphatic carbocycles. The first-order valence-electron chi connectivity index (χ1n) is 7.61. The van der Waals surface area contributed by atoms with Gasteiger partial charge in [-0.3, -0.25) is 4.79 Å². The van der Waals surface area contributed by atoms with Gasteiger partial charge < -0.3 is 9.73 Å². The maximum atomic E-state index is 12.1. The van der Waals surface area contributed by atoms with E-state index in [2.05, 4.69) is 10.3 Å². The molecule has 0 atom stereocenters. The quantitative estimate of drug-likeness (QED) is 0.762. The van der Waals surface area contributed by atoms with Crippen LogP contribution in [0.15, 0.2) is 62.9 Å². The molecule has 4 nitrogen and oxygen atoms in total. The summed E-state index contributed by atoms with van der Waals surface area (Å²) >= 11 is 1.40. The Morgan fingerprint density at radius 2 is 1.58 bits per heavy atom. The van der Waals surface area contributed by atoms with Crippen molar-refractivity contribution < 1.29 is 9.21 Å². The van der Waals surface area contributed by atoms with E-state index in [1.165, 1.54) is 17.3 Å². The van der Waals surface area contributed by atoms with Crippen LogP contribution in [-0.4, -0.2) is 17.9 Å². The number of rotatable bonds is 4. The van der Waals surface area contributed by atoms with E-state index in [1.54, 1.807) is 7.05 Å². The number of carbonyl (C=O) groups excluding carboxylic acids is 1. The van der Waals surface area contributed by atoms with Crippen LogP contribution in [0.4, 0.5) is 0 Å². The van der Waals surface area contributed by atoms with Crippen molar-refractivity contribution in [3.05, 3.63) is 65.4 Å². The zero-order valence-corrected chi connectivity index (χ0v) is 14.6. The summed E-state index contributed by atoms with van der Waals surface area (Å²) in [5, 5.41) is 3.11. The summed E-state index contributed by atoms with van der Waals surface area (Å²) < 4.78 is 5.89. The zero-order chi connectivity index (χ0) is 17.1. The molecule has 0 saturated carbocycles. The molecule has 1 aromatic heterocycles. The van der Waals surface area contributed by atoms with Gasteiger partial charge in [0.1, 0.15) is 0 Å². The molecular formula is C19H18N2O2S. The van der Waals surface area contributed by atoms with Crippen LogP contribution in [0.3, 0.4) is 0 Å². The Morgan fingerprint density at radius 3 is 2.17 bits per heavy atom. The lowest BCUT2D eigenvalue weighted by Crippen LogP contribution is -2.18. The maximum absolute atomic E-state index is 12.1. The van der Waals surface area contributed by atoms with Gasteiger partial charge in [0.25, 0.3) is 5.91 Å². The first-order valence-corrected chi connectivity index (χ1v) is 8.43. The van der Waals surface area contributed by atoms with E-state index in [0.717, 1.165) is 16.0 Å². The largest absolute Gasteiger partial charge is 0.429 e. The van der Waals surface area contributed by atoms with E-state index in [0.29, 0.717) is 16.7 Å². The van der Waals surface area contributed by atoms with E-state index in [-0.39, 0.29) is 5.91 Å². The Balaban J connectivity index is 1.98. The Hall–Kier alpha value is -2.53. The minimum Gasteiger partial charge on any atom is -0.429 e. The van der Waals surface area contributed by atoms with Crippen LogP contribution in [0.2, 0.25) is 0 Å². The fourth-order valence-electron chi connectivity index (χ4n) is 2.17. The molecule has 0 aliphatic heterocycles. The van der Waals surface area contributed by atoms with E-state index in [1.807, 2.05) is 62.4 Å². The summed E-state index contributed by atoms with van der Waals surface area (Å²) in [5.41, 5.74) is 3.50. The summed E-state index contributed by atoms with van der Waals surface area (Å²) in [6, 6.07) is 15.9. The van der Waals surface area contributed by atoms with E-state index >= 15 is 0 Å². The highest BCUT2D eigenvalue weighted by molar-refractivity contribution is 7.99. The molecule has 5 heteroatoms. The van der Waals surface area contributed by atoms with Crippen molar-refractivity contribution in [2.45, 2.75) is 23.8 Å². The molecule has 3 aromatic rings. The lowest BCUT2D eigenvalue weighted by Gasteiger charge is -2.01. The molecule has 0 saturated heterocycles. The van der Waals surface area contributed by atoms with Gasteiger partial charge in [-0.05, 0) is 49.9 Å².